The van der Waals surface area contributed by atoms with Crippen molar-refractivity contribution in [2.24, 2.45) is 23.7 Å². The predicted octanol–water partition coefficient (Wildman–Crippen LogP) is 7.35. The predicted molar refractivity (Wildman–Crippen MR) is 200 cm³/mol. The normalized spacial score (nSPS) is 26.3. The SMILES string of the molecule is CCOc1cc([C@H]2C3=CC[C@@H]4C(=O)N(Cc5cccs5)C(=O)[C@@H]4[C@@H]3C[C@H]3C(=O)N(Nc4ccc(Cl)cc4Cl)C(=O)[C@@]23c2ccc(OC)cc2)ccc1O. The molecule has 1 aromatic heterocycles. The maximum Gasteiger partial charge on any atom is 0.260 e. The van der Waals surface area contributed by atoms with Gasteiger partial charge in [0.15, 0.2) is 11.5 Å². The van der Waals surface area contributed by atoms with Gasteiger partial charge in [-0.05, 0) is 90.7 Å². The zero-order chi connectivity index (χ0) is 37.2. The number of halogens is 2. The van der Waals surface area contributed by atoms with Crippen LogP contribution in [0.5, 0.6) is 17.2 Å². The number of anilines is 1. The minimum absolute atomic E-state index is 0.0778. The highest BCUT2D eigenvalue weighted by atomic mass is 35.5. The van der Waals surface area contributed by atoms with Crippen LogP contribution >= 0.6 is 34.5 Å². The number of ether oxygens (including phenoxy) is 2. The number of likely N-dealkylation sites (tertiary alicyclic amines) is 1. The van der Waals surface area contributed by atoms with Crippen molar-refractivity contribution < 1.29 is 33.8 Å². The van der Waals surface area contributed by atoms with Crippen molar-refractivity contribution in [2.75, 3.05) is 19.1 Å². The number of nitrogens with one attached hydrogen (secondary N) is 1. The second-order valence-electron chi connectivity index (χ2n) is 13.7. The van der Waals surface area contributed by atoms with Crippen molar-refractivity contribution in [2.45, 2.75) is 37.6 Å². The number of aromatic hydroxyl groups is 1. The monoisotopic (exact) mass is 771 g/mol. The summed E-state index contributed by atoms with van der Waals surface area (Å²) >= 11 is 14.2. The first-order valence-electron chi connectivity index (χ1n) is 17.4. The lowest BCUT2D eigenvalue weighted by Gasteiger charge is -2.50. The van der Waals surface area contributed by atoms with Crippen LogP contribution in [0.15, 0.2) is 89.8 Å². The molecule has 3 aromatic carbocycles. The lowest BCUT2D eigenvalue weighted by molar-refractivity contribution is -0.141. The number of rotatable bonds is 9. The quantitative estimate of drug-likeness (QED) is 0.134. The van der Waals surface area contributed by atoms with Crippen molar-refractivity contribution in [3.8, 4) is 17.2 Å². The molecular weight excluding hydrogens is 737 g/mol. The molecule has 272 valence electrons. The molecule has 0 radical (unpaired) electrons. The van der Waals surface area contributed by atoms with Crippen molar-refractivity contribution in [3.05, 3.63) is 116 Å². The Kier molecular flexibility index (Phi) is 8.99. The van der Waals surface area contributed by atoms with Crippen LogP contribution in [-0.4, -0.2) is 52.4 Å². The third-order valence-corrected chi connectivity index (χ3v) is 12.6. The van der Waals surface area contributed by atoms with Crippen LogP contribution in [-0.2, 0) is 31.1 Å². The van der Waals surface area contributed by atoms with Gasteiger partial charge in [-0.15, -0.1) is 11.3 Å². The highest BCUT2D eigenvalue weighted by Gasteiger charge is 2.70. The molecule has 2 N–H and O–H groups in total. The molecule has 6 atom stereocenters. The maximum atomic E-state index is 15.4. The molecule has 0 bridgehead atoms. The summed E-state index contributed by atoms with van der Waals surface area (Å²) in [7, 11) is 1.55. The molecule has 0 unspecified atom stereocenters. The Morgan fingerprint density at radius 2 is 1.75 bits per heavy atom. The maximum absolute atomic E-state index is 15.4. The number of phenolic OH excluding ortho intramolecular Hbond substituents is 1. The van der Waals surface area contributed by atoms with Gasteiger partial charge in [-0.25, -0.2) is 0 Å². The molecule has 4 aromatic rings. The minimum atomic E-state index is -1.53. The molecule has 0 spiro atoms. The van der Waals surface area contributed by atoms with Gasteiger partial charge in [0, 0.05) is 15.8 Å². The molecule has 1 saturated carbocycles. The molecule has 13 heteroatoms. The van der Waals surface area contributed by atoms with Gasteiger partial charge in [-0.2, -0.15) is 5.01 Å². The number of carbonyl (C=O) groups excluding carboxylic acids is 4. The Bertz CT molecular complexity index is 2170. The van der Waals surface area contributed by atoms with Crippen molar-refractivity contribution in [1.29, 1.82) is 0 Å². The van der Waals surface area contributed by atoms with E-state index in [1.165, 1.54) is 28.4 Å². The Morgan fingerprint density at radius 3 is 2.45 bits per heavy atom. The third kappa shape index (κ3) is 5.51. The first-order chi connectivity index (χ1) is 25.6. The Labute approximate surface area is 319 Å². The van der Waals surface area contributed by atoms with Crippen molar-refractivity contribution in [3.63, 3.8) is 0 Å². The molecule has 2 saturated heterocycles. The van der Waals surface area contributed by atoms with E-state index in [2.05, 4.69) is 5.43 Å². The van der Waals surface area contributed by atoms with E-state index >= 15 is 4.79 Å². The van der Waals surface area contributed by atoms with Crippen LogP contribution in [0, 0.1) is 23.7 Å². The van der Waals surface area contributed by atoms with Crippen LogP contribution in [0.3, 0.4) is 0 Å². The van der Waals surface area contributed by atoms with E-state index in [0.29, 0.717) is 34.0 Å². The number of imide groups is 2. The van der Waals surface area contributed by atoms with E-state index in [4.69, 9.17) is 32.7 Å². The summed E-state index contributed by atoms with van der Waals surface area (Å²) < 4.78 is 11.3. The summed E-state index contributed by atoms with van der Waals surface area (Å²) in [5.74, 6) is -4.47. The van der Waals surface area contributed by atoms with Crippen LogP contribution in [0.2, 0.25) is 10.0 Å². The third-order valence-electron chi connectivity index (χ3n) is 11.2. The molecule has 10 nitrogen and oxygen atoms in total. The summed E-state index contributed by atoms with van der Waals surface area (Å²) in [6.07, 6.45) is 2.42. The number of allylic oxidation sites excluding steroid dienone is 2. The van der Waals surface area contributed by atoms with E-state index in [9.17, 15) is 19.5 Å². The molecule has 4 amide bonds. The number of carbonyl (C=O) groups is 4. The summed E-state index contributed by atoms with van der Waals surface area (Å²) in [4.78, 5) is 60.9. The number of nitrogens with zero attached hydrogens (tertiary/aromatic N) is 2. The van der Waals surface area contributed by atoms with Gasteiger partial charge in [0.1, 0.15) is 5.75 Å². The number of benzene rings is 3. The summed E-state index contributed by atoms with van der Waals surface area (Å²) in [5, 5.41) is 14.3. The van der Waals surface area contributed by atoms with Crippen LogP contribution in [0.1, 0.15) is 41.7 Å². The second-order valence-corrected chi connectivity index (χ2v) is 15.6. The second kappa shape index (κ2) is 13.5. The van der Waals surface area contributed by atoms with Gasteiger partial charge in [0.05, 0.1) is 54.1 Å². The molecule has 4 aliphatic rings. The fraction of sp³-hybridized carbons (Fsp3) is 0.300. The number of methoxy groups -OCH3 is 1. The smallest absolute Gasteiger partial charge is 0.260 e. The van der Waals surface area contributed by atoms with Gasteiger partial charge in [-0.1, -0.05) is 59.1 Å². The molecule has 3 heterocycles. The molecular formula is C40H35Cl2N3O7S. The van der Waals surface area contributed by atoms with Gasteiger partial charge < -0.3 is 14.6 Å². The highest BCUT2D eigenvalue weighted by molar-refractivity contribution is 7.09. The zero-order valence-corrected chi connectivity index (χ0v) is 31.1. The highest BCUT2D eigenvalue weighted by Crippen LogP contribution is 2.64. The van der Waals surface area contributed by atoms with Gasteiger partial charge in [0.25, 0.3) is 11.8 Å². The first kappa shape index (κ1) is 35.2. The topological polar surface area (TPSA) is 125 Å². The number of fused-ring (bicyclic) bond motifs is 4. The van der Waals surface area contributed by atoms with Crippen LogP contribution < -0.4 is 14.9 Å². The Balaban J connectivity index is 1.33. The average molecular weight is 773 g/mol. The van der Waals surface area contributed by atoms with Gasteiger partial charge in [0.2, 0.25) is 11.8 Å². The number of amides is 4. The van der Waals surface area contributed by atoms with Crippen molar-refractivity contribution >= 4 is 63.9 Å². The van der Waals surface area contributed by atoms with E-state index in [-0.39, 0.29) is 47.9 Å². The lowest BCUT2D eigenvalue weighted by Crippen LogP contribution is -2.53. The molecule has 2 aliphatic carbocycles. The summed E-state index contributed by atoms with van der Waals surface area (Å²) in [6.45, 7) is 2.26. The zero-order valence-electron chi connectivity index (χ0n) is 28.8. The molecule has 3 fully saturated rings. The fourth-order valence-corrected chi connectivity index (χ4v) is 10.1. The lowest BCUT2D eigenvalue weighted by atomic mass is 9.49. The first-order valence-corrected chi connectivity index (χ1v) is 19.0. The Morgan fingerprint density at radius 1 is 0.962 bits per heavy atom. The number of phenols is 1. The molecule has 53 heavy (non-hydrogen) atoms. The number of thiophene rings is 1. The molecule has 2 aliphatic heterocycles. The largest absolute Gasteiger partial charge is 0.504 e. The van der Waals surface area contributed by atoms with Gasteiger partial charge in [-0.3, -0.25) is 29.5 Å². The van der Waals surface area contributed by atoms with E-state index in [1.54, 1.807) is 62.6 Å². The Hall–Kier alpha value is -4.84. The van der Waals surface area contributed by atoms with Crippen LogP contribution in [0.4, 0.5) is 5.69 Å². The minimum Gasteiger partial charge on any atom is -0.504 e. The average Bonchev–Trinajstić information content (AvgIpc) is 3.82. The van der Waals surface area contributed by atoms with Crippen molar-refractivity contribution in [1.82, 2.24) is 9.91 Å². The summed E-state index contributed by atoms with van der Waals surface area (Å²) in [5.41, 5.74) is 3.74. The van der Waals surface area contributed by atoms with E-state index in [1.807, 2.05) is 23.6 Å². The van der Waals surface area contributed by atoms with Gasteiger partial charge >= 0.3 is 0 Å². The summed E-state index contributed by atoms with van der Waals surface area (Å²) in [6, 6.07) is 20.6. The standard InChI is InChI=1S/C40H35Cl2N3O7S/c1-3-52-33-17-21(6-15-32(33)46)35-26-12-13-27-34(38(49)44(36(27)47)20-25-5-4-16-53-25)28(26)19-29-37(48)45(43-31-14-9-23(41)18-30(31)42)39(50)40(29,35)22-7-10-24(51-2)11-8-22/h4-12,14-18,27-29,34-35,43,46H,3,13,19-20H2,1-2H3/t27-,28+,29-,34-,35-,40+/m0/s1. The molecule has 8 rings (SSSR count). The fourth-order valence-electron chi connectivity index (χ4n) is 8.98. The van der Waals surface area contributed by atoms with E-state index < -0.39 is 46.8 Å². The number of hydrogen-bond donors (Lipinski definition) is 2. The number of hydrazine groups is 1. The van der Waals surface area contributed by atoms with E-state index in [0.717, 1.165) is 15.5 Å². The van der Waals surface area contributed by atoms with Crippen LogP contribution in [0.25, 0.3) is 0 Å². The number of hydrogen-bond acceptors (Lipinski definition) is 9.